The summed E-state index contributed by atoms with van der Waals surface area (Å²) in [5.74, 6) is -0.577. The molecule has 3 amide bonds. The molecule has 3 saturated carbocycles. The number of hydrogen-bond donors (Lipinski definition) is 3. The van der Waals surface area contributed by atoms with E-state index in [9.17, 15) is 19.1 Å². The summed E-state index contributed by atoms with van der Waals surface area (Å²) >= 11 is 0. The maximum atomic E-state index is 13.5. The average Bonchev–Trinajstić information content (AvgIpc) is 3.23. The standard InChI is InChI=1S/C27H32FN3O3/c1-25(2,34)23(32)30-27-12-9-26(10-13-27,11-14-27)20-4-7-22(8-5-20)29-24(33)31-16-18-3-6-21(28)15-19(18)17-31/h3-8,15,34H,9-14,16-17H2,1-2H3,(H,29,33)(H,30,32). The van der Waals surface area contributed by atoms with Crippen LogP contribution in [0.25, 0.3) is 0 Å². The molecule has 2 bridgehead atoms. The van der Waals surface area contributed by atoms with Gasteiger partial charge in [0.15, 0.2) is 0 Å². The summed E-state index contributed by atoms with van der Waals surface area (Å²) in [6.45, 7) is 3.94. The number of fused-ring (bicyclic) bond motifs is 4. The Morgan fingerprint density at radius 1 is 0.941 bits per heavy atom. The van der Waals surface area contributed by atoms with Gasteiger partial charge in [-0.2, -0.15) is 0 Å². The van der Waals surface area contributed by atoms with Crippen LogP contribution in [0, 0.1) is 5.82 Å². The van der Waals surface area contributed by atoms with Crippen molar-refractivity contribution in [2.75, 3.05) is 5.32 Å². The molecule has 0 spiro atoms. The van der Waals surface area contributed by atoms with E-state index in [1.807, 2.05) is 12.1 Å². The van der Waals surface area contributed by atoms with E-state index in [2.05, 4.69) is 22.8 Å². The van der Waals surface area contributed by atoms with Crippen LogP contribution >= 0.6 is 0 Å². The van der Waals surface area contributed by atoms with Crippen LogP contribution in [0.2, 0.25) is 0 Å². The van der Waals surface area contributed by atoms with Gasteiger partial charge < -0.3 is 20.6 Å². The molecular weight excluding hydrogens is 433 g/mol. The van der Waals surface area contributed by atoms with Gasteiger partial charge in [0.25, 0.3) is 5.91 Å². The first-order valence-electron chi connectivity index (χ1n) is 12.1. The van der Waals surface area contributed by atoms with Crippen molar-refractivity contribution in [3.05, 3.63) is 65.0 Å². The number of halogens is 1. The number of carbonyl (C=O) groups is 2. The third kappa shape index (κ3) is 4.17. The van der Waals surface area contributed by atoms with Gasteiger partial charge in [0, 0.05) is 24.3 Å². The number of nitrogens with zero attached hydrogens (tertiary/aromatic N) is 1. The second-order valence-corrected chi connectivity index (χ2v) is 10.9. The van der Waals surface area contributed by atoms with Crippen molar-refractivity contribution in [3.63, 3.8) is 0 Å². The SMILES string of the molecule is CC(C)(O)C(=O)NC12CCC(c3ccc(NC(=O)N4Cc5ccc(F)cc5C4)cc3)(CC1)CC2. The van der Waals surface area contributed by atoms with Crippen molar-refractivity contribution in [1.82, 2.24) is 10.2 Å². The number of benzene rings is 2. The van der Waals surface area contributed by atoms with E-state index in [4.69, 9.17) is 0 Å². The molecule has 3 aliphatic carbocycles. The predicted octanol–water partition coefficient (Wildman–Crippen LogP) is 4.60. The van der Waals surface area contributed by atoms with Crippen molar-refractivity contribution >= 4 is 17.6 Å². The highest BCUT2D eigenvalue weighted by Gasteiger charge is 2.50. The summed E-state index contributed by atoms with van der Waals surface area (Å²) in [6, 6.07) is 12.6. The first-order chi connectivity index (χ1) is 16.1. The molecule has 1 heterocycles. The van der Waals surface area contributed by atoms with Gasteiger partial charge in [-0.05, 0) is 98.7 Å². The molecule has 2 aromatic carbocycles. The van der Waals surface area contributed by atoms with Crippen LogP contribution < -0.4 is 10.6 Å². The molecule has 3 fully saturated rings. The van der Waals surface area contributed by atoms with E-state index in [0.717, 1.165) is 55.3 Å². The van der Waals surface area contributed by atoms with E-state index in [-0.39, 0.29) is 28.7 Å². The molecule has 0 radical (unpaired) electrons. The van der Waals surface area contributed by atoms with Gasteiger partial charge in [-0.3, -0.25) is 4.79 Å². The Morgan fingerprint density at radius 2 is 1.56 bits per heavy atom. The topological polar surface area (TPSA) is 81.7 Å². The second-order valence-electron chi connectivity index (χ2n) is 10.9. The van der Waals surface area contributed by atoms with Gasteiger partial charge in [0.05, 0.1) is 0 Å². The van der Waals surface area contributed by atoms with Gasteiger partial charge in [-0.15, -0.1) is 0 Å². The monoisotopic (exact) mass is 465 g/mol. The maximum Gasteiger partial charge on any atom is 0.322 e. The van der Waals surface area contributed by atoms with Crippen LogP contribution in [0.4, 0.5) is 14.9 Å². The minimum absolute atomic E-state index is 0.102. The molecule has 6 rings (SSSR count). The summed E-state index contributed by atoms with van der Waals surface area (Å²) in [6.07, 6.45) is 5.70. The molecule has 0 saturated heterocycles. The van der Waals surface area contributed by atoms with Gasteiger partial charge in [-0.25, -0.2) is 9.18 Å². The van der Waals surface area contributed by atoms with E-state index in [0.29, 0.717) is 13.1 Å². The maximum absolute atomic E-state index is 13.5. The molecule has 4 aliphatic rings. The van der Waals surface area contributed by atoms with Crippen LogP contribution in [-0.2, 0) is 23.3 Å². The van der Waals surface area contributed by atoms with Crippen molar-refractivity contribution in [2.45, 2.75) is 82.0 Å². The van der Waals surface area contributed by atoms with Gasteiger partial charge >= 0.3 is 6.03 Å². The van der Waals surface area contributed by atoms with E-state index in [1.54, 1.807) is 11.0 Å². The first-order valence-corrected chi connectivity index (χ1v) is 12.1. The smallest absolute Gasteiger partial charge is 0.322 e. The fourth-order valence-electron chi connectivity index (χ4n) is 5.82. The Bertz CT molecular complexity index is 1100. The molecule has 1 aliphatic heterocycles. The summed E-state index contributed by atoms with van der Waals surface area (Å²) in [4.78, 5) is 26.8. The van der Waals surface area contributed by atoms with E-state index >= 15 is 0 Å². The molecule has 0 aromatic heterocycles. The Hall–Kier alpha value is -2.93. The zero-order chi connectivity index (χ0) is 24.1. The number of rotatable bonds is 4. The fourth-order valence-corrected chi connectivity index (χ4v) is 5.82. The molecule has 180 valence electrons. The highest BCUT2D eigenvalue weighted by molar-refractivity contribution is 5.89. The second kappa shape index (κ2) is 8.08. The first kappa shape index (κ1) is 22.8. The predicted molar refractivity (Wildman–Crippen MR) is 128 cm³/mol. The minimum Gasteiger partial charge on any atom is -0.381 e. The highest BCUT2D eigenvalue weighted by Crippen LogP contribution is 2.53. The Kier molecular flexibility index (Phi) is 5.43. The number of anilines is 1. The van der Waals surface area contributed by atoms with Crippen molar-refractivity contribution in [3.8, 4) is 0 Å². The minimum atomic E-state index is -1.37. The number of nitrogens with one attached hydrogen (secondary N) is 2. The van der Waals surface area contributed by atoms with Crippen LogP contribution in [0.15, 0.2) is 42.5 Å². The number of hydrogen-bond acceptors (Lipinski definition) is 3. The molecule has 3 N–H and O–H groups in total. The summed E-state index contributed by atoms with van der Waals surface area (Å²) in [7, 11) is 0. The lowest BCUT2D eigenvalue weighted by Gasteiger charge is -2.54. The summed E-state index contributed by atoms with van der Waals surface area (Å²) in [5.41, 5.74) is 2.38. The lowest BCUT2D eigenvalue weighted by Crippen LogP contribution is -2.60. The Morgan fingerprint density at radius 3 is 2.18 bits per heavy atom. The average molecular weight is 466 g/mol. The van der Waals surface area contributed by atoms with Crippen molar-refractivity contribution in [2.24, 2.45) is 0 Å². The van der Waals surface area contributed by atoms with Crippen LogP contribution in [0.3, 0.4) is 0 Å². The summed E-state index contributed by atoms with van der Waals surface area (Å²) < 4.78 is 13.5. The third-order valence-corrected chi connectivity index (χ3v) is 8.11. The van der Waals surface area contributed by atoms with E-state index < -0.39 is 5.60 Å². The largest absolute Gasteiger partial charge is 0.381 e. The number of aliphatic hydroxyl groups is 1. The van der Waals surface area contributed by atoms with Crippen LogP contribution in [-0.4, -0.2) is 33.1 Å². The molecule has 0 unspecified atom stereocenters. The molecule has 7 heteroatoms. The number of urea groups is 1. The quantitative estimate of drug-likeness (QED) is 0.617. The Balaban J connectivity index is 1.20. The molecule has 6 nitrogen and oxygen atoms in total. The normalized spacial score (nSPS) is 25.7. The lowest BCUT2D eigenvalue weighted by atomic mass is 9.55. The molecular formula is C27H32FN3O3. The summed E-state index contributed by atoms with van der Waals surface area (Å²) in [5, 5.41) is 16.1. The third-order valence-electron chi connectivity index (χ3n) is 8.11. The Labute approximate surface area is 199 Å². The molecule has 34 heavy (non-hydrogen) atoms. The highest BCUT2D eigenvalue weighted by atomic mass is 19.1. The molecule has 0 atom stereocenters. The number of amides is 3. The van der Waals surface area contributed by atoms with Gasteiger partial charge in [0.2, 0.25) is 0 Å². The van der Waals surface area contributed by atoms with E-state index in [1.165, 1.54) is 31.5 Å². The van der Waals surface area contributed by atoms with Crippen molar-refractivity contribution in [1.29, 1.82) is 0 Å². The zero-order valence-corrected chi connectivity index (χ0v) is 19.8. The van der Waals surface area contributed by atoms with Crippen LogP contribution in [0.1, 0.15) is 69.1 Å². The molecule has 2 aromatic rings. The lowest BCUT2D eigenvalue weighted by molar-refractivity contribution is -0.140. The zero-order valence-electron chi connectivity index (χ0n) is 19.8. The number of carbonyl (C=O) groups excluding carboxylic acids is 2. The van der Waals surface area contributed by atoms with Crippen LogP contribution in [0.5, 0.6) is 0 Å². The van der Waals surface area contributed by atoms with Gasteiger partial charge in [-0.1, -0.05) is 18.2 Å². The van der Waals surface area contributed by atoms with Gasteiger partial charge in [0.1, 0.15) is 11.4 Å². The fraction of sp³-hybridized carbons (Fsp3) is 0.481. The van der Waals surface area contributed by atoms with Crippen molar-refractivity contribution < 1.29 is 19.1 Å².